The number of fused-ring (bicyclic) bond motifs is 2. The van der Waals surface area contributed by atoms with Gasteiger partial charge in [0.25, 0.3) is 0 Å². The summed E-state index contributed by atoms with van der Waals surface area (Å²) >= 11 is 12.7. The highest BCUT2D eigenvalue weighted by atomic mass is 35.5. The van der Waals surface area contributed by atoms with Crippen molar-refractivity contribution < 1.29 is 33.3 Å². The molecule has 3 aliphatic heterocycles. The number of benzene rings is 5. The van der Waals surface area contributed by atoms with Crippen molar-refractivity contribution in [2.45, 2.75) is 83.5 Å². The lowest BCUT2D eigenvalue weighted by atomic mass is 9.89. The summed E-state index contributed by atoms with van der Waals surface area (Å²) in [6, 6.07) is 32.2. The summed E-state index contributed by atoms with van der Waals surface area (Å²) in [6.07, 6.45) is 3.46. The Morgan fingerprint density at radius 2 is 1.66 bits per heavy atom. The van der Waals surface area contributed by atoms with Crippen LogP contribution in [-0.2, 0) is 46.8 Å². The molecule has 13 heteroatoms. The van der Waals surface area contributed by atoms with Gasteiger partial charge in [0.15, 0.2) is 0 Å². The number of likely N-dealkylation sites (N-methyl/N-ethyl adjacent to an activating group) is 1. The highest BCUT2D eigenvalue weighted by Crippen LogP contribution is 2.40. The molecule has 0 spiro atoms. The molecule has 0 unspecified atom stereocenters. The van der Waals surface area contributed by atoms with E-state index in [9.17, 15) is 19.1 Å². The van der Waals surface area contributed by atoms with Crippen LogP contribution in [0.4, 0.5) is 4.39 Å². The SMILES string of the molecule is Cc1nccc(-c2ccc(C[C@H](NC(=O)[C@@H]3Cc4cc5c(cc4CN3Cc3cccc(F)c3)O[C@@H](c3ccc(O[C@@H](c4ccc(Cl)c(Cl)c4)C4CCOCC4)cc3)CN(C)C5)C(=O)O)cc2)c1C. The van der Waals surface area contributed by atoms with Gasteiger partial charge in [-0.2, -0.15) is 0 Å². The van der Waals surface area contributed by atoms with Gasteiger partial charge in [-0.25, -0.2) is 9.18 Å². The summed E-state index contributed by atoms with van der Waals surface area (Å²) in [6.45, 7) is 7.27. The summed E-state index contributed by atoms with van der Waals surface area (Å²) in [4.78, 5) is 35.7. The van der Waals surface area contributed by atoms with Crippen LogP contribution in [0.25, 0.3) is 11.1 Å². The van der Waals surface area contributed by atoms with Crippen LogP contribution in [0.5, 0.6) is 11.5 Å². The maximum absolute atomic E-state index is 14.5. The fraction of sp³-hybridized carbons (Fsp3) is 0.327. The van der Waals surface area contributed by atoms with E-state index in [4.69, 9.17) is 37.4 Å². The first-order valence-electron chi connectivity index (χ1n) is 23.2. The summed E-state index contributed by atoms with van der Waals surface area (Å²) in [5.41, 5.74) is 10.5. The molecule has 1 aromatic heterocycles. The Bertz CT molecular complexity index is 2790. The zero-order chi connectivity index (χ0) is 47.5. The Kier molecular flexibility index (Phi) is 14.5. The third kappa shape index (κ3) is 10.9. The van der Waals surface area contributed by atoms with Gasteiger partial charge in [-0.1, -0.05) is 83.9 Å². The second-order valence-corrected chi connectivity index (χ2v) is 19.2. The van der Waals surface area contributed by atoms with Crippen molar-refractivity contribution in [1.29, 1.82) is 0 Å². The first-order valence-corrected chi connectivity index (χ1v) is 23.9. The molecule has 0 saturated carbocycles. The van der Waals surface area contributed by atoms with E-state index in [2.05, 4.69) is 46.5 Å². The molecule has 5 aromatic carbocycles. The molecule has 3 aliphatic rings. The predicted molar refractivity (Wildman–Crippen MR) is 262 cm³/mol. The van der Waals surface area contributed by atoms with Gasteiger partial charge in [0, 0.05) is 69.2 Å². The van der Waals surface area contributed by atoms with E-state index in [0.29, 0.717) is 54.9 Å². The first-order chi connectivity index (χ1) is 32.8. The van der Waals surface area contributed by atoms with E-state index in [1.54, 1.807) is 12.3 Å². The minimum absolute atomic E-state index is 0.104. The molecular formula is C55H55Cl2FN4O6. The fourth-order valence-electron chi connectivity index (χ4n) is 9.78. The van der Waals surface area contributed by atoms with Crippen molar-refractivity contribution in [2.24, 2.45) is 5.92 Å². The van der Waals surface area contributed by atoms with E-state index in [-0.39, 0.29) is 36.9 Å². The predicted octanol–water partition coefficient (Wildman–Crippen LogP) is 10.7. The molecule has 352 valence electrons. The third-order valence-corrected chi connectivity index (χ3v) is 14.4. The van der Waals surface area contributed by atoms with E-state index >= 15 is 0 Å². The molecule has 1 amide bonds. The van der Waals surface area contributed by atoms with E-state index in [1.807, 2.05) is 85.5 Å². The Balaban J connectivity index is 0.933. The van der Waals surface area contributed by atoms with Gasteiger partial charge in [-0.05, 0) is 139 Å². The average Bonchev–Trinajstić information content (AvgIpc) is 3.49. The number of carboxylic acid groups (broad SMARTS) is 1. The average molecular weight is 958 g/mol. The second-order valence-electron chi connectivity index (χ2n) is 18.4. The lowest BCUT2D eigenvalue weighted by Gasteiger charge is -2.37. The number of hydrogen-bond acceptors (Lipinski definition) is 8. The summed E-state index contributed by atoms with van der Waals surface area (Å²) in [5, 5.41) is 14.3. The fourth-order valence-corrected chi connectivity index (χ4v) is 10.1. The number of hydrogen-bond donors (Lipinski definition) is 2. The van der Waals surface area contributed by atoms with Gasteiger partial charge in [-0.15, -0.1) is 0 Å². The molecule has 4 heterocycles. The van der Waals surface area contributed by atoms with Crippen molar-refractivity contribution >= 4 is 35.1 Å². The molecule has 0 aliphatic carbocycles. The number of aliphatic carboxylic acids is 1. The normalized spacial score (nSPS) is 18.6. The molecule has 4 atom stereocenters. The smallest absolute Gasteiger partial charge is 0.326 e. The summed E-state index contributed by atoms with van der Waals surface area (Å²) in [7, 11) is 2.07. The number of carbonyl (C=O) groups excluding carboxylic acids is 1. The number of halogens is 3. The van der Waals surface area contributed by atoms with Crippen LogP contribution in [-0.4, -0.2) is 70.7 Å². The van der Waals surface area contributed by atoms with E-state index in [1.165, 1.54) is 12.1 Å². The van der Waals surface area contributed by atoms with Gasteiger partial charge >= 0.3 is 5.97 Å². The Morgan fingerprint density at radius 1 is 0.882 bits per heavy atom. The maximum Gasteiger partial charge on any atom is 0.326 e. The number of pyridine rings is 1. The van der Waals surface area contributed by atoms with Crippen LogP contribution in [0.2, 0.25) is 10.0 Å². The number of carboxylic acids is 1. The summed E-state index contributed by atoms with van der Waals surface area (Å²) < 4.78 is 33.8. The van der Waals surface area contributed by atoms with Crippen molar-refractivity contribution in [3.8, 4) is 22.6 Å². The van der Waals surface area contributed by atoms with Crippen LogP contribution in [0.1, 0.15) is 75.3 Å². The molecule has 6 aromatic rings. The van der Waals surface area contributed by atoms with Gasteiger partial charge in [-0.3, -0.25) is 19.6 Å². The summed E-state index contributed by atoms with van der Waals surface area (Å²) in [5.74, 6) is -0.143. The number of rotatable bonds is 13. The highest BCUT2D eigenvalue weighted by Gasteiger charge is 2.36. The first kappa shape index (κ1) is 47.3. The Hall–Kier alpha value is -5.82. The number of nitrogens with zero attached hydrogens (tertiary/aromatic N) is 3. The number of aromatic nitrogens is 1. The molecule has 2 N–H and O–H groups in total. The zero-order valence-corrected chi connectivity index (χ0v) is 39.9. The van der Waals surface area contributed by atoms with Crippen LogP contribution >= 0.6 is 23.2 Å². The van der Waals surface area contributed by atoms with Gasteiger partial charge in [0.05, 0.1) is 16.1 Å². The molecule has 0 bridgehead atoms. The molecule has 1 fully saturated rings. The number of aryl methyl sites for hydroxylation is 1. The second kappa shape index (κ2) is 20.8. The van der Waals surface area contributed by atoms with Crippen LogP contribution in [0, 0.1) is 25.6 Å². The van der Waals surface area contributed by atoms with E-state index < -0.39 is 24.0 Å². The monoisotopic (exact) mass is 956 g/mol. The number of nitrogens with one attached hydrogen (secondary N) is 1. The van der Waals surface area contributed by atoms with Gasteiger partial charge in [0.1, 0.15) is 35.6 Å². The van der Waals surface area contributed by atoms with Crippen LogP contribution in [0.3, 0.4) is 0 Å². The third-order valence-electron chi connectivity index (χ3n) is 13.6. The maximum atomic E-state index is 14.5. The van der Waals surface area contributed by atoms with Crippen LogP contribution in [0.15, 0.2) is 115 Å². The molecule has 68 heavy (non-hydrogen) atoms. The van der Waals surface area contributed by atoms with Crippen molar-refractivity contribution in [1.82, 2.24) is 20.1 Å². The van der Waals surface area contributed by atoms with Crippen LogP contribution < -0.4 is 14.8 Å². The van der Waals surface area contributed by atoms with Gasteiger partial charge in [0.2, 0.25) is 5.91 Å². The number of amides is 1. The standard InChI is InChI=1S/C55H55Cl2FN4O6/c1-33-34(2)59-20-17-46(33)37-9-7-35(8-10-37)24-49(55(64)65)60-54(63)50-27-41-25-43-30-61(3)32-52(68-51(43)28-42(41)31-62(50)29-36-5-4-6-44(58)23-36)38-11-14-45(15-12-38)67-53(39-18-21-66-22-19-39)40-13-16-47(56)48(57)26-40/h4-17,20,23,25-26,28,39,49-50,52-53H,18-19,21-22,24,27,29-32H2,1-3H3,(H,60,63)(H,64,65)/t49-,50-,52+,53+/m0/s1. The van der Waals surface area contributed by atoms with E-state index in [0.717, 1.165) is 80.1 Å². The van der Waals surface area contributed by atoms with Crippen molar-refractivity contribution in [3.05, 3.63) is 181 Å². The minimum atomic E-state index is -1.17. The van der Waals surface area contributed by atoms with Gasteiger partial charge < -0.3 is 24.6 Å². The van der Waals surface area contributed by atoms with Crippen molar-refractivity contribution in [3.63, 3.8) is 0 Å². The number of carbonyl (C=O) groups is 2. The minimum Gasteiger partial charge on any atom is -0.485 e. The Labute approximate surface area is 407 Å². The lowest BCUT2D eigenvalue weighted by molar-refractivity contribution is -0.142. The Morgan fingerprint density at radius 3 is 2.40 bits per heavy atom. The largest absolute Gasteiger partial charge is 0.485 e. The molecular weight excluding hydrogens is 903 g/mol. The number of ether oxygens (including phenoxy) is 3. The topological polar surface area (TPSA) is 113 Å². The molecule has 0 radical (unpaired) electrons. The zero-order valence-electron chi connectivity index (χ0n) is 38.4. The lowest BCUT2D eigenvalue weighted by Crippen LogP contribution is -2.54. The highest BCUT2D eigenvalue weighted by molar-refractivity contribution is 6.42. The van der Waals surface area contributed by atoms with Crippen molar-refractivity contribution in [2.75, 3.05) is 26.8 Å². The quantitative estimate of drug-likeness (QED) is 0.117. The molecule has 9 rings (SSSR count). The molecule has 10 nitrogen and oxygen atoms in total. The molecule has 1 saturated heterocycles.